The summed E-state index contributed by atoms with van der Waals surface area (Å²) < 4.78 is 12.0. The van der Waals surface area contributed by atoms with Crippen LogP contribution >= 0.6 is 11.8 Å². The molecule has 0 amide bonds. The minimum Gasteiger partial charge on any atom is -0.324 e. The maximum Gasteiger partial charge on any atom is 0.0988 e. The lowest BCUT2D eigenvalue weighted by molar-refractivity contribution is 0.532. The number of nitrogens with two attached hydrogens (primary N) is 1. The third-order valence-corrected chi connectivity index (χ3v) is 2.79. The van der Waals surface area contributed by atoms with Gasteiger partial charge in [-0.1, -0.05) is 18.2 Å². The van der Waals surface area contributed by atoms with Gasteiger partial charge < -0.3 is 5.73 Å². The van der Waals surface area contributed by atoms with Crippen molar-refractivity contribution in [3.8, 4) is 0 Å². The van der Waals surface area contributed by atoms with Gasteiger partial charge in [-0.15, -0.1) is 11.8 Å². The average Bonchev–Trinajstić information content (AvgIpc) is 2.15. The molecule has 1 unspecified atom stereocenters. The van der Waals surface area contributed by atoms with Gasteiger partial charge in [-0.2, -0.15) is 0 Å². The Morgan fingerprint density at radius 2 is 2.15 bits per heavy atom. The fourth-order valence-electron chi connectivity index (χ4n) is 1.14. The fraction of sp³-hybridized carbons (Fsp3) is 0.400. The topological polar surface area (TPSA) is 26.0 Å². The van der Waals surface area contributed by atoms with E-state index < -0.39 is 0 Å². The fourth-order valence-corrected chi connectivity index (χ4v) is 2.03. The Morgan fingerprint density at radius 3 is 2.77 bits per heavy atom. The molecule has 1 rings (SSSR count). The van der Waals surface area contributed by atoms with Crippen LogP contribution in [-0.2, 0) is 0 Å². The highest BCUT2D eigenvalue weighted by atomic mass is 32.2. The zero-order chi connectivity index (χ0) is 9.68. The molecule has 1 aromatic rings. The molecule has 0 heterocycles. The molecular weight excluding hydrogens is 185 g/mol. The van der Waals surface area contributed by atoms with Gasteiger partial charge in [-0.3, -0.25) is 4.39 Å². The van der Waals surface area contributed by atoms with Crippen LogP contribution in [-0.4, -0.2) is 12.4 Å². The van der Waals surface area contributed by atoms with Crippen LogP contribution in [0.1, 0.15) is 18.5 Å². The van der Waals surface area contributed by atoms with Crippen LogP contribution in [0.15, 0.2) is 29.2 Å². The summed E-state index contributed by atoms with van der Waals surface area (Å²) in [6.45, 7) is 1.65. The highest BCUT2D eigenvalue weighted by Gasteiger charge is 2.05. The quantitative estimate of drug-likeness (QED) is 0.755. The summed E-state index contributed by atoms with van der Waals surface area (Å²) in [6, 6.07) is 7.90. The molecule has 0 aliphatic carbocycles. The van der Waals surface area contributed by atoms with Crippen LogP contribution in [0.2, 0.25) is 0 Å². The predicted molar refractivity (Wildman–Crippen MR) is 55.7 cm³/mol. The highest BCUT2D eigenvalue weighted by molar-refractivity contribution is 7.99. The number of thioether (sulfide) groups is 1. The van der Waals surface area contributed by atoms with Gasteiger partial charge in [0.05, 0.1) is 6.67 Å². The second kappa shape index (κ2) is 5.25. The third kappa shape index (κ3) is 3.01. The lowest BCUT2D eigenvalue weighted by atomic mass is 10.1. The van der Waals surface area contributed by atoms with Gasteiger partial charge in [-0.05, 0) is 18.6 Å². The molecule has 72 valence electrons. The van der Waals surface area contributed by atoms with E-state index in [1.54, 1.807) is 0 Å². The Labute approximate surface area is 82.5 Å². The van der Waals surface area contributed by atoms with Crippen molar-refractivity contribution in [3.05, 3.63) is 29.8 Å². The van der Waals surface area contributed by atoms with Gasteiger partial charge in [0, 0.05) is 16.7 Å². The van der Waals surface area contributed by atoms with Gasteiger partial charge in [0.15, 0.2) is 0 Å². The maximum atomic E-state index is 12.0. The van der Waals surface area contributed by atoms with Crippen LogP contribution in [0.5, 0.6) is 0 Å². The smallest absolute Gasteiger partial charge is 0.0988 e. The molecule has 0 saturated carbocycles. The highest BCUT2D eigenvalue weighted by Crippen LogP contribution is 2.25. The molecule has 13 heavy (non-hydrogen) atoms. The lowest BCUT2D eigenvalue weighted by Crippen LogP contribution is -2.06. The minimum absolute atomic E-state index is 0.0170. The molecule has 0 radical (unpaired) electrons. The zero-order valence-corrected chi connectivity index (χ0v) is 8.48. The summed E-state index contributed by atoms with van der Waals surface area (Å²) in [6.07, 6.45) is 0. The number of alkyl halides is 1. The minimum atomic E-state index is -0.294. The number of rotatable bonds is 4. The zero-order valence-electron chi connectivity index (χ0n) is 7.66. The second-order valence-electron chi connectivity index (χ2n) is 2.86. The summed E-state index contributed by atoms with van der Waals surface area (Å²) >= 11 is 1.52. The largest absolute Gasteiger partial charge is 0.324 e. The van der Waals surface area contributed by atoms with E-state index in [9.17, 15) is 4.39 Å². The first-order chi connectivity index (χ1) is 6.25. The van der Waals surface area contributed by atoms with Crippen LogP contribution in [0.4, 0.5) is 4.39 Å². The molecule has 0 aliphatic heterocycles. The number of hydrogen-bond acceptors (Lipinski definition) is 2. The predicted octanol–water partition coefficient (Wildman–Crippen LogP) is 2.77. The van der Waals surface area contributed by atoms with Crippen LogP contribution in [0, 0.1) is 0 Å². The van der Waals surface area contributed by atoms with Crippen molar-refractivity contribution in [1.29, 1.82) is 0 Å². The number of halogens is 1. The normalized spacial score (nSPS) is 12.8. The molecule has 0 saturated heterocycles. The summed E-state index contributed by atoms with van der Waals surface area (Å²) in [5, 5.41) is 0. The van der Waals surface area contributed by atoms with Crippen molar-refractivity contribution in [3.63, 3.8) is 0 Å². The molecule has 0 aliphatic rings. The average molecular weight is 199 g/mol. The molecular formula is C10H14FNS. The molecule has 0 bridgehead atoms. The molecule has 0 spiro atoms. The van der Waals surface area contributed by atoms with Crippen molar-refractivity contribution in [2.45, 2.75) is 17.9 Å². The van der Waals surface area contributed by atoms with Crippen molar-refractivity contribution in [2.75, 3.05) is 12.4 Å². The monoisotopic (exact) mass is 199 g/mol. The number of benzene rings is 1. The van der Waals surface area contributed by atoms with Crippen LogP contribution in [0.25, 0.3) is 0 Å². The van der Waals surface area contributed by atoms with Crippen molar-refractivity contribution >= 4 is 11.8 Å². The van der Waals surface area contributed by atoms with Gasteiger partial charge >= 0.3 is 0 Å². The Bertz CT molecular complexity index is 263. The van der Waals surface area contributed by atoms with Crippen molar-refractivity contribution in [1.82, 2.24) is 0 Å². The third-order valence-electron chi connectivity index (χ3n) is 1.74. The first-order valence-electron chi connectivity index (χ1n) is 4.29. The Hall–Kier alpha value is -0.540. The Morgan fingerprint density at radius 1 is 1.46 bits per heavy atom. The van der Waals surface area contributed by atoms with E-state index in [1.807, 2.05) is 31.2 Å². The Balaban J connectivity index is 2.78. The van der Waals surface area contributed by atoms with Crippen LogP contribution in [0.3, 0.4) is 0 Å². The molecule has 1 aromatic carbocycles. The van der Waals surface area contributed by atoms with E-state index >= 15 is 0 Å². The van der Waals surface area contributed by atoms with E-state index in [2.05, 4.69) is 0 Å². The molecule has 0 aromatic heterocycles. The first kappa shape index (κ1) is 10.5. The summed E-state index contributed by atoms with van der Waals surface area (Å²) in [7, 11) is 0. The Kier molecular flexibility index (Phi) is 4.25. The molecule has 3 heteroatoms. The van der Waals surface area contributed by atoms with E-state index in [-0.39, 0.29) is 12.7 Å². The van der Waals surface area contributed by atoms with Gasteiger partial charge in [0.25, 0.3) is 0 Å². The van der Waals surface area contributed by atoms with Gasteiger partial charge in [0.1, 0.15) is 0 Å². The summed E-state index contributed by atoms with van der Waals surface area (Å²) in [5.74, 6) is 0.504. The number of hydrogen-bond donors (Lipinski definition) is 1. The molecule has 1 atom stereocenters. The lowest BCUT2D eigenvalue weighted by Gasteiger charge is -2.10. The van der Waals surface area contributed by atoms with Gasteiger partial charge in [-0.25, -0.2) is 0 Å². The second-order valence-corrected chi connectivity index (χ2v) is 4.00. The van der Waals surface area contributed by atoms with Crippen LogP contribution < -0.4 is 5.73 Å². The van der Waals surface area contributed by atoms with E-state index in [1.165, 1.54) is 11.8 Å². The molecule has 2 N–H and O–H groups in total. The molecule has 0 fully saturated rings. The summed E-state index contributed by atoms with van der Waals surface area (Å²) in [5.41, 5.74) is 6.88. The van der Waals surface area contributed by atoms with Crippen molar-refractivity contribution < 1.29 is 4.39 Å². The van der Waals surface area contributed by atoms with E-state index in [0.717, 1.165) is 10.5 Å². The van der Waals surface area contributed by atoms with E-state index in [4.69, 9.17) is 5.73 Å². The van der Waals surface area contributed by atoms with E-state index in [0.29, 0.717) is 5.75 Å². The first-order valence-corrected chi connectivity index (χ1v) is 5.27. The standard InChI is InChI=1S/C10H14FNS/c1-8(12)9-4-2-3-5-10(9)13-7-6-11/h2-5,8H,6-7,12H2,1H3. The maximum absolute atomic E-state index is 12.0. The van der Waals surface area contributed by atoms with Crippen molar-refractivity contribution in [2.24, 2.45) is 5.73 Å². The SMILES string of the molecule is CC(N)c1ccccc1SCCF. The molecule has 1 nitrogen and oxygen atoms in total. The summed E-state index contributed by atoms with van der Waals surface area (Å²) in [4.78, 5) is 1.09. The van der Waals surface area contributed by atoms with Gasteiger partial charge in [0.2, 0.25) is 0 Å².